The number of hydrogen-bond acceptors (Lipinski definition) is 6. The molecule has 9 heteroatoms. The van der Waals surface area contributed by atoms with Crippen LogP contribution in [0.25, 0.3) is 11.3 Å². The van der Waals surface area contributed by atoms with Crippen LogP contribution in [0.1, 0.15) is 15.9 Å². The largest absolute Gasteiger partial charge is 0.328 e. The number of aromatic nitrogens is 2. The van der Waals surface area contributed by atoms with Gasteiger partial charge in [-0.25, -0.2) is 9.97 Å². The number of nitrogens with one attached hydrogen (secondary N) is 2. The van der Waals surface area contributed by atoms with Crippen molar-refractivity contribution in [2.45, 2.75) is 6.42 Å². The molecule has 0 fully saturated rings. The molecule has 0 spiro atoms. The molecule has 154 valence electrons. The van der Waals surface area contributed by atoms with Gasteiger partial charge in [-0.05, 0) is 42.5 Å². The second-order valence-corrected chi connectivity index (χ2v) is 7.44. The molecule has 1 aliphatic rings. The van der Waals surface area contributed by atoms with E-state index in [9.17, 15) is 9.59 Å². The maximum absolute atomic E-state index is 12.3. The van der Waals surface area contributed by atoms with Gasteiger partial charge in [-0.3, -0.25) is 9.59 Å². The zero-order valence-corrected chi connectivity index (χ0v) is 17.3. The van der Waals surface area contributed by atoms with Crippen molar-refractivity contribution in [1.29, 1.82) is 5.26 Å². The maximum Gasteiger partial charge on any atom is 0.254 e. The Bertz CT molecular complexity index is 1220. The SMILES string of the molecule is CN(CC#N)C(=O)c1ccc(Nc2ncc3c(n2)-c2ccc(Cl)cc2NC(=O)C3)cc1. The average Bonchev–Trinajstić information content (AvgIpc) is 2.88. The van der Waals surface area contributed by atoms with Gasteiger partial charge in [-0.2, -0.15) is 5.26 Å². The average molecular weight is 433 g/mol. The topological polar surface area (TPSA) is 111 Å². The number of carbonyl (C=O) groups excluding carboxylic acids is 2. The Balaban J connectivity index is 1.61. The fraction of sp³-hybridized carbons (Fsp3) is 0.136. The summed E-state index contributed by atoms with van der Waals surface area (Å²) in [6.45, 7) is 0.0197. The van der Waals surface area contributed by atoms with Crippen molar-refractivity contribution in [2.75, 3.05) is 24.2 Å². The molecule has 0 saturated carbocycles. The van der Waals surface area contributed by atoms with Crippen LogP contribution in [0.4, 0.5) is 17.3 Å². The second-order valence-electron chi connectivity index (χ2n) is 7.00. The van der Waals surface area contributed by atoms with Crippen LogP contribution in [0.2, 0.25) is 5.02 Å². The standard InChI is InChI=1S/C22H17ClN6O2/c1-29(9-8-24)21(31)13-2-5-16(6-3-13)26-22-25-12-14-10-19(30)27-18-11-15(23)4-7-17(18)20(14)28-22/h2-7,11-12H,9-10H2,1H3,(H,27,30)(H,25,26,28). The second kappa shape index (κ2) is 8.42. The number of amides is 2. The third kappa shape index (κ3) is 4.32. The van der Waals surface area contributed by atoms with Gasteiger partial charge in [0.15, 0.2) is 0 Å². The van der Waals surface area contributed by atoms with Gasteiger partial charge in [-0.1, -0.05) is 11.6 Å². The molecule has 31 heavy (non-hydrogen) atoms. The normalized spacial score (nSPS) is 12.0. The molecular formula is C22H17ClN6O2. The molecule has 3 aromatic rings. The minimum absolute atomic E-state index is 0.0197. The van der Waals surface area contributed by atoms with E-state index in [1.807, 2.05) is 12.1 Å². The van der Waals surface area contributed by atoms with E-state index in [1.165, 1.54) is 4.90 Å². The van der Waals surface area contributed by atoms with Crippen molar-refractivity contribution in [3.8, 4) is 17.3 Å². The quantitative estimate of drug-likeness (QED) is 0.609. The first-order chi connectivity index (χ1) is 14.9. The minimum Gasteiger partial charge on any atom is -0.328 e. The summed E-state index contributed by atoms with van der Waals surface area (Å²) in [5, 5.41) is 15.2. The Morgan fingerprint density at radius 3 is 2.81 bits per heavy atom. The molecule has 2 aromatic carbocycles. The molecule has 0 atom stereocenters. The zero-order valence-electron chi connectivity index (χ0n) is 16.5. The Kier molecular flexibility index (Phi) is 5.52. The molecule has 8 nitrogen and oxygen atoms in total. The van der Waals surface area contributed by atoms with Crippen LogP contribution < -0.4 is 10.6 Å². The Morgan fingerprint density at radius 1 is 1.29 bits per heavy atom. The summed E-state index contributed by atoms with van der Waals surface area (Å²) in [7, 11) is 1.58. The molecule has 0 aliphatic carbocycles. The van der Waals surface area contributed by atoms with E-state index in [-0.39, 0.29) is 24.8 Å². The van der Waals surface area contributed by atoms with Crippen LogP contribution in [-0.4, -0.2) is 40.3 Å². The van der Waals surface area contributed by atoms with E-state index in [1.54, 1.807) is 49.6 Å². The summed E-state index contributed by atoms with van der Waals surface area (Å²) in [6.07, 6.45) is 1.79. The molecule has 0 saturated heterocycles. The first kappa shape index (κ1) is 20.3. The highest BCUT2D eigenvalue weighted by molar-refractivity contribution is 6.31. The van der Waals surface area contributed by atoms with Gasteiger partial charge in [0.05, 0.1) is 23.9 Å². The first-order valence-electron chi connectivity index (χ1n) is 9.40. The van der Waals surface area contributed by atoms with Crippen molar-refractivity contribution in [3.63, 3.8) is 0 Å². The molecule has 2 amide bonds. The smallest absolute Gasteiger partial charge is 0.254 e. The third-order valence-electron chi connectivity index (χ3n) is 4.77. The van der Waals surface area contributed by atoms with Crippen molar-refractivity contribution in [2.24, 2.45) is 0 Å². The molecule has 0 radical (unpaired) electrons. The van der Waals surface area contributed by atoms with Crippen LogP contribution >= 0.6 is 11.6 Å². The van der Waals surface area contributed by atoms with Gasteiger partial charge in [0.1, 0.15) is 6.54 Å². The van der Waals surface area contributed by atoms with Crippen molar-refractivity contribution >= 4 is 40.7 Å². The highest BCUT2D eigenvalue weighted by atomic mass is 35.5. The predicted molar refractivity (Wildman–Crippen MR) is 117 cm³/mol. The van der Waals surface area contributed by atoms with E-state index in [2.05, 4.69) is 20.6 Å². The highest BCUT2D eigenvalue weighted by Crippen LogP contribution is 2.34. The van der Waals surface area contributed by atoms with Crippen LogP contribution in [0.15, 0.2) is 48.7 Å². The van der Waals surface area contributed by atoms with Gasteiger partial charge < -0.3 is 15.5 Å². The van der Waals surface area contributed by atoms with Crippen LogP contribution in [-0.2, 0) is 11.2 Å². The third-order valence-corrected chi connectivity index (χ3v) is 5.00. The number of hydrogen-bond donors (Lipinski definition) is 2. The molecular weight excluding hydrogens is 416 g/mol. The first-order valence-corrected chi connectivity index (χ1v) is 9.77. The molecule has 2 heterocycles. The highest BCUT2D eigenvalue weighted by Gasteiger charge is 2.21. The van der Waals surface area contributed by atoms with E-state index >= 15 is 0 Å². The summed E-state index contributed by atoms with van der Waals surface area (Å²) in [5.74, 6) is -0.0373. The molecule has 0 bridgehead atoms. The zero-order chi connectivity index (χ0) is 22.0. The Hall–Kier alpha value is -3.96. The van der Waals surface area contributed by atoms with Crippen LogP contribution in [0.5, 0.6) is 0 Å². The van der Waals surface area contributed by atoms with Gasteiger partial charge in [0.2, 0.25) is 11.9 Å². The summed E-state index contributed by atoms with van der Waals surface area (Å²) in [4.78, 5) is 34.7. The van der Waals surface area contributed by atoms with Gasteiger partial charge in [0, 0.05) is 40.6 Å². The lowest BCUT2D eigenvalue weighted by Gasteiger charge is -2.13. The van der Waals surface area contributed by atoms with Gasteiger partial charge >= 0.3 is 0 Å². The lowest BCUT2D eigenvalue weighted by Crippen LogP contribution is -2.26. The van der Waals surface area contributed by atoms with Crippen molar-refractivity contribution < 1.29 is 9.59 Å². The molecule has 1 aliphatic heterocycles. The molecule has 4 rings (SSSR count). The summed E-state index contributed by atoms with van der Waals surface area (Å²) in [6, 6.07) is 14.0. The molecule has 2 N–H and O–H groups in total. The Morgan fingerprint density at radius 2 is 2.06 bits per heavy atom. The van der Waals surface area contributed by atoms with E-state index in [0.717, 1.165) is 5.56 Å². The molecule has 0 unspecified atom stereocenters. The number of carbonyl (C=O) groups is 2. The van der Waals surface area contributed by atoms with Crippen LogP contribution in [0, 0.1) is 11.3 Å². The predicted octanol–water partition coefficient (Wildman–Crippen LogP) is 3.63. The monoisotopic (exact) mass is 432 g/mol. The number of halogens is 1. The van der Waals surface area contributed by atoms with Gasteiger partial charge in [-0.15, -0.1) is 0 Å². The van der Waals surface area contributed by atoms with Gasteiger partial charge in [0.25, 0.3) is 5.91 Å². The number of benzene rings is 2. The van der Waals surface area contributed by atoms with Crippen molar-refractivity contribution in [3.05, 3.63) is 64.8 Å². The summed E-state index contributed by atoms with van der Waals surface area (Å²) >= 11 is 6.08. The van der Waals surface area contributed by atoms with E-state index < -0.39 is 0 Å². The summed E-state index contributed by atoms with van der Waals surface area (Å²) in [5.41, 5.74) is 3.89. The lowest BCUT2D eigenvalue weighted by molar-refractivity contribution is -0.115. The van der Waals surface area contributed by atoms with Crippen molar-refractivity contribution in [1.82, 2.24) is 14.9 Å². The Labute approximate surface area is 183 Å². The number of rotatable bonds is 4. The fourth-order valence-corrected chi connectivity index (χ4v) is 3.42. The fourth-order valence-electron chi connectivity index (χ4n) is 3.25. The number of anilines is 3. The molecule has 1 aromatic heterocycles. The van der Waals surface area contributed by atoms with E-state index in [0.29, 0.717) is 39.2 Å². The van der Waals surface area contributed by atoms with Crippen LogP contribution in [0.3, 0.4) is 0 Å². The maximum atomic E-state index is 12.3. The number of nitrogens with zero attached hydrogens (tertiary/aromatic N) is 4. The number of nitriles is 1. The summed E-state index contributed by atoms with van der Waals surface area (Å²) < 4.78 is 0. The lowest BCUT2D eigenvalue weighted by atomic mass is 10.1. The van der Waals surface area contributed by atoms with E-state index in [4.69, 9.17) is 16.9 Å². The number of fused-ring (bicyclic) bond motifs is 3. The minimum atomic E-state index is -0.234.